The van der Waals surface area contributed by atoms with Crippen LogP contribution < -0.4 is 21.5 Å². The number of amides is 1. The second-order valence-electron chi connectivity index (χ2n) is 8.67. The molecular formula is C25H27N7O4. The molecule has 5 rings (SSSR count). The number of carbonyl (C=O) groups excluding carboxylic acids is 1. The van der Waals surface area contributed by atoms with Crippen LogP contribution in [0.4, 0.5) is 11.6 Å². The largest absolute Gasteiger partial charge is 0.378 e. The van der Waals surface area contributed by atoms with Crippen molar-refractivity contribution in [2.45, 2.75) is 26.3 Å². The summed E-state index contributed by atoms with van der Waals surface area (Å²) in [6, 6.07) is 12.7. The topological polar surface area (TPSA) is 127 Å². The fourth-order valence-electron chi connectivity index (χ4n) is 4.27. The SMILES string of the molecule is Cc1nc(N2CCOCC2)[nH]c(=O)c1CCC(=O)Nc1cccc(Cn2nc3ccccn3c2=O)c1. The smallest absolute Gasteiger partial charge is 0.350 e. The number of aromatic amines is 1. The maximum absolute atomic E-state index is 12.7. The lowest BCUT2D eigenvalue weighted by Gasteiger charge is -2.27. The van der Waals surface area contributed by atoms with E-state index in [2.05, 4.69) is 20.4 Å². The number of morpholine rings is 1. The van der Waals surface area contributed by atoms with Gasteiger partial charge in [0.25, 0.3) is 5.56 Å². The minimum Gasteiger partial charge on any atom is -0.378 e. The van der Waals surface area contributed by atoms with Crippen LogP contribution in [0.15, 0.2) is 58.3 Å². The van der Waals surface area contributed by atoms with E-state index in [1.807, 2.05) is 29.2 Å². The lowest BCUT2D eigenvalue weighted by atomic mass is 10.1. The van der Waals surface area contributed by atoms with Crippen LogP contribution in [0, 0.1) is 6.92 Å². The molecule has 36 heavy (non-hydrogen) atoms. The first kappa shape index (κ1) is 23.5. The molecule has 1 saturated heterocycles. The molecule has 1 aliphatic rings. The van der Waals surface area contributed by atoms with Crippen LogP contribution in [-0.4, -0.2) is 56.4 Å². The number of nitrogens with one attached hydrogen (secondary N) is 2. The molecule has 3 aromatic heterocycles. The molecule has 11 heteroatoms. The Kier molecular flexibility index (Phi) is 6.63. The van der Waals surface area contributed by atoms with Gasteiger partial charge in [-0.2, -0.15) is 0 Å². The zero-order valence-corrected chi connectivity index (χ0v) is 19.9. The number of carbonyl (C=O) groups is 1. The Hall–Kier alpha value is -4.25. The number of pyridine rings is 1. The van der Waals surface area contributed by atoms with Crippen molar-refractivity contribution in [1.82, 2.24) is 24.1 Å². The van der Waals surface area contributed by atoms with Gasteiger partial charge in [0.1, 0.15) is 0 Å². The Labute approximate surface area is 206 Å². The number of fused-ring (bicyclic) bond motifs is 1. The second kappa shape index (κ2) is 10.2. The van der Waals surface area contributed by atoms with Gasteiger partial charge < -0.3 is 15.0 Å². The number of aromatic nitrogens is 5. The minimum atomic E-state index is -0.228. The molecule has 1 fully saturated rings. The van der Waals surface area contributed by atoms with E-state index in [1.54, 1.807) is 31.3 Å². The van der Waals surface area contributed by atoms with Gasteiger partial charge in [0.2, 0.25) is 11.9 Å². The van der Waals surface area contributed by atoms with Gasteiger partial charge in [-0.25, -0.2) is 14.5 Å². The molecule has 0 saturated carbocycles. The van der Waals surface area contributed by atoms with E-state index in [0.717, 1.165) is 5.56 Å². The molecule has 0 atom stereocenters. The van der Waals surface area contributed by atoms with Gasteiger partial charge in [0.15, 0.2) is 5.65 Å². The van der Waals surface area contributed by atoms with Crippen molar-refractivity contribution in [3.63, 3.8) is 0 Å². The molecule has 0 bridgehead atoms. The van der Waals surface area contributed by atoms with Crippen LogP contribution >= 0.6 is 0 Å². The molecule has 0 radical (unpaired) electrons. The summed E-state index contributed by atoms with van der Waals surface area (Å²) in [5, 5.41) is 7.22. The molecule has 0 aliphatic carbocycles. The van der Waals surface area contributed by atoms with Crippen LogP contribution in [0.2, 0.25) is 0 Å². The molecule has 1 aliphatic heterocycles. The van der Waals surface area contributed by atoms with Crippen LogP contribution in [0.3, 0.4) is 0 Å². The third-order valence-corrected chi connectivity index (χ3v) is 6.15. The number of ether oxygens (including phenoxy) is 1. The lowest BCUT2D eigenvalue weighted by molar-refractivity contribution is -0.116. The summed E-state index contributed by atoms with van der Waals surface area (Å²) in [5.41, 5.74) is 2.68. The van der Waals surface area contributed by atoms with Gasteiger partial charge in [-0.3, -0.25) is 19.0 Å². The Morgan fingerprint density at radius 1 is 1.14 bits per heavy atom. The molecule has 1 amide bonds. The summed E-state index contributed by atoms with van der Waals surface area (Å²) in [6.07, 6.45) is 2.09. The lowest BCUT2D eigenvalue weighted by Crippen LogP contribution is -2.38. The van der Waals surface area contributed by atoms with E-state index in [4.69, 9.17) is 4.74 Å². The third-order valence-electron chi connectivity index (χ3n) is 6.15. The number of hydrogen-bond acceptors (Lipinski definition) is 7. The van der Waals surface area contributed by atoms with Gasteiger partial charge >= 0.3 is 5.69 Å². The van der Waals surface area contributed by atoms with E-state index in [-0.39, 0.29) is 36.5 Å². The zero-order chi connectivity index (χ0) is 25.1. The number of hydrogen-bond donors (Lipinski definition) is 2. The third kappa shape index (κ3) is 5.05. The van der Waals surface area contributed by atoms with Crippen LogP contribution in [0.25, 0.3) is 5.65 Å². The highest BCUT2D eigenvalue weighted by molar-refractivity contribution is 5.90. The van der Waals surface area contributed by atoms with Crippen LogP contribution in [-0.2, 0) is 22.5 Å². The number of rotatable bonds is 7. The zero-order valence-electron chi connectivity index (χ0n) is 19.9. The highest BCUT2D eigenvalue weighted by Gasteiger charge is 2.17. The van der Waals surface area contributed by atoms with Crippen molar-refractivity contribution in [1.29, 1.82) is 0 Å². The molecule has 186 valence electrons. The summed E-state index contributed by atoms with van der Waals surface area (Å²) >= 11 is 0. The highest BCUT2D eigenvalue weighted by Crippen LogP contribution is 2.14. The quantitative estimate of drug-likeness (QED) is 0.401. The van der Waals surface area contributed by atoms with E-state index >= 15 is 0 Å². The predicted molar refractivity (Wildman–Crippen MR) is 135 cm³/mol. The van der Waals surface area contributed by atoms with Crippen molar-refractivity contribution in [2.24, 2.45) is 0 Å². The van der Waals surface area contributed by atoms with Crippen molar-refractivity contribution in [2.75, 3.05) is 36.5 Å². The first-order valence-corrected chi connectivity index (χ1v) is 11.8. The van der Waals surface area contributed by atoms with E-state index in [0.29, 0.717) is 54.8 Å². The fraction of sp³-hybridized carbons (Fsp3) is 0.320. The molecule has 11 nitrogen and oxygen atoms in total. The van der Waals surface area contributed by atoms with Crippen molar-refractivity contribution < 1.29 is 9.53 Å². The summed E-state index contributed by atoms with van der Waals surface area (Å²) in [4.78, 5) is 47.2. The minimum absolute atomic E-state index is 0.138. The number of anilines is 2. The standard InChI is InChI=1S/C25H27N7O4/c1-17-20(23(34)28-24(26-17)30-11-13-36-14-12-30)8-9-22(33)27-19-6-4-5-18(15-19)16-32-25(35)31-10-3-2-7-21(31)29-32/h2-7,10,15H,8-9,11-14,16H2,1H3,(H,27,33)(H,26,28,34). The van der Waals surface area contributed by atoms with Crippen molar-refractivity contribution in [3.05, 3.63) is 86.3 Å². The number of nitrogens with zero attached hydrogens (tertiary/aromatic N) is 5. The first-order chi connectivity index (χ1) is 17.5. The first-order valence-electron chi connectivity index (χ1n) is 11.8. The van der Waals surface area contributed by atoms with Crippen molar-refractivity contribution in [3.8, 4) is 0 Å². The maximum atomic E-state index is 12.7. The molecule has 4 heterocycles. The molecule has 4 aromatic rings. The van der Waals surface area contributed by atoms with Gasteiger partial charge in [-0.15, -0.1) is 5.10 Å². The Morgan fingerprint density at radius 2 is 1.97 bits per heavy atom. The van der Waals surface area contributed by atoms with Crippen LogP contribution in [0.1, 0.15) is 23.2 Å². The average molecular weight is 490 g/mol. The summed E-state index contributed by atoms with van der Waals surface area (Å²) < 4.78 is 8.22. The normalized spacial score (nSPS) is 13.8. The second-order valence-corrected chi connectivity index (χ2v) is 8.67. The highest BCUT2D eigenvalue weighted by atomic mass is 16.5. The summed E-state index contributed by atoms with van der Waals surface area (Å²) in [7, 11) is 0. The number of benzene rings is 1. The van der Waals surface area contributed by atoms with Crippen LogP contribution in [0.5, 0.6) is 0 Å². The van der Waals surface area contributed by atoms with E-state index < -0.39 is 0 Å². The van der Waals surface area contributed by atoms with Gasteiger partial charge in [-0.05, 0) is 43.2 Å². The van der Waals surface area contributed by atoms with Gasteiger partial charge in [0.05, 0.1) is 19.8 Å². The maximum Gasteiger partial charge on any atom is 0.350 e. The van der Waals surface area contributed by atoms with E-state index in [1.165, 1.54) is 9.08 Å². The Balaban J connectivity index is 1.22. The number of H-pyrrole nitrogens is 1. The molecule has 1 aromatic carbocycles. The number of aryl methyl sites for hydroxylation is 1. The van der Waals surface area contributed by atoms with Gasteiger partial charge in [-0.1, -0.05) is 18.2 Å². The predicted octanol–water partition coefficient (Wildman–Crippen LogP) is 1.34. The Morgan fingerprint density at radius 3 is 2.75 bits per heavy atom. The summed E-state index contributed by atoms with van der Waals surface area (Å²) in [5.74, 6) is 0.323. The summed E-state index contributed by atoms with van der Waals surface area (Å²) in [6.45, 7) is 4.62. The molecule has 0 spiro atoms. The Bertz CT molecular complexity index is 1510. The van der Waals surface area contributed by atoms with Gasteiger partial charge in [0, 0.05) is 42.7 Å². The average Bonchev–Trinajstić information content (AvgIpc) is 3.19. The molecular weight excluding hydrogens is 462 g/mol. The fourth-order valence-corrected chi connectivity index (χ4v) is 4.27. The monoisotopic (exact) mass is 489 g/mol. The molecule has 0 unspecified atom stereocenters. The van der Waals surface area contributed by atoms with Crippen molar-refractivity contribution >= 4 is 23.2 Å². The molecule has 2 N–H and O–H groups in total. The van der Waals surface area contributed by atoms with E-state index in [9.17, 15) is 14.4 Å².